The Hall–Kier alpha value is -2.58. The van der Waals surface area contributed by atoms with Gasteiger partial charge in [-0.25, -0.2) is 9.97 Å². The van der Waals surface area contributed by atoms with Gasteiger partial charge in [0.05, 0.1) is 12.5 Å². The predicted octanol–water partition coefficient (Wildman–Crippen LogP) is 4.12. The standard InChI is InChI=1S/C21H30F3N5O/c1-6-14(3)13-28(5)19-15(4)20(27-17(26-19)12-25-18(30)7-2)29-10-8-16(9-11-29)21(22,23)24/h7,13,16H,2,6,8-12H2,1,3-5H3,(H,25,30)/b14-13+. The Morgan fingerprint density at radius 2 is 1.97 bits per heavy atom. The Bertz CT molecular complexity index is 799. The molecule has 1 N–H and O–H groups in total. The number of amides is 1. The van der Waals surface area contributed by atoms with E-state index in [0.29, 0.717) is 17.5 Å². The molecule has 6 nitrogen and oxygen atoms in total. The lowest BCUT2D eigenvalue weighted by Gasteiger charge is -2.35. The van der Waals surface area contributed by atoms with Crippen LogP contribution in [0.15, 0.2) is 24.4 Å². The van der Waals surface area contributed by atoms with Gasteiger partial charge in [0.2, 0.25) is 5.91 Å². The second kappa shape index (κ2) is 9.95. The van der Waals surface area contributed by atoms with Crippen LogP contribution in [-0.4, -0.2) is 42.2 Å². The molecule has 1 fully saturated rings. The first-order valence-corrected chi connectivity index (χ1v) is 10.1. The zero-order valence-corrected chi connectivity index (χ0v) is 18.0. The molecule has 0 aliphatic carbocycles. The van der Waals surface area contributed by atoms with Gasteiger partial charge in [0.15, 0.2) is 5.82 Å². The molecule has 1 amide bonds. The molecule has 2 heterocycles. The molecule has 1 aromatic heterocycles. The number of carbonyl (C=O) groups excluding carboxylic acids is 1. The maximum absolute atomic E-state index is 13.0. The van der Waals surface area contributed by atoms with Crippen LogP contribution in [0.5, 0.6) is 0 Å². The molecule has 30 heavy (non-hydrogen) atoms. The van der Waals surface area contributed by atoms with Gasteiger partial charge in [0.25, 0.3) is 0 Å². The van der Waals surface area contributed by atoms with Gasteiger partial charge in [-0.2, -0.15) is 13.2 Å². The van der Waals surface area contributed by atoms with Crippen molar-refractivity contribution in [2.45, 2.75) is 52.8 Å². The molecule has 0 bridgehead atoms. The van der Waals surface area contributed by atoms with Crippen LogP contribution in [0.1, 0.15) is 44.5 Å². The molecule has 0 atom stereocenters. The molecule has 1 aromatic rings. The fourth-order valence-electron chi connectivity index (χ4n) is 3.41. The van der Waals surface area contributed by atoms with Crippen LogP contribution in [-0.2, 0) is 11.3 Å². The number of piperidine rings is 1. The minimum atomic E-state index is -4.17. The number of allylic oxidation sites excluding steroid dienone is 1. The smallest absolute Gasteiger partial charge is 0.356 e. The van der Waals surface area contributed by atoms with Crippen LogP contribution in [0.25, 0.3) is 0 Å². The Morgan fingerprint density at radius 3 is 2.50 bits per heavy atom. The van der Waals surface area contributed by atoms with Crippen molar-refractivity contribution in [3.63, 3.8) is 0 Å². The minimum absolute atomic E-state index is 0.0372. The van der Waals surface area contributed by atoms with Gasteiger partial charge in [-0.15, -0.1) is 0 Å². The predicted molar refractivity (Wildman–Crippen MR) is 112 cm³/mol. The third-order valence-corrected chi connectivity index (χ3v) is 5.31. The number of nitrogens with one attached hydrogen (secondary N) is 1. The average molecular weight is 425 g/mol. The van der Waals surface area contributed by atoms with E-state index in [4.69, 9.17) is 0 Å². The van der Waals surface area contributed by atoms with E-state index in [-0.39, 0.29) is 38.4 Å². The highest BCUT2D eigenvalue weighted by Gasteiger charge is 2.41. The van der Waals surface area contributed by atoms with Crippen molar-refractivity contribution in [3.8, 4) is 0 Å². The number of carbonyl (C=O) groups is 1. The largest absolute Gasteiger partial charge is 0.391 e. The lowest BCUT2D eigenvalue weighted by atomic mass is 9.96. The first-order valence-electron chi connectivity index (χ1n) is 10.1. The molecule has 0 saturated carbocycles. The number of alkyl halides is 3. The fraction of sp³-hybridized carbons (Fsp3) is 0.571. The summed E-state index contributed by atoms with van der Waals surface area (Å²) in [4.78, 5) is 24.5. The topological polar surface area (TPSA) is 61.4 Å². The van der Waals surface area contributed by atoms with E-state index in [0.717, 1.165) is 23.6 Å². The molecule has 9 heteroatoms. The molecular weight excluding hydrogens is 395 g/mol. The van der Waals surface area contributed by atoms with Crippen molar-refractivity contribution in [1.82, 2.24) is 15.3 Å². The molecule has 1 aliphatic heterocycles. The molecular formula is C21H30F3N5O. The van der Waals surface area contributed by atoms with E-state index in [2.05, 4.69) is 28.8 Å². The maximum Gasteiger partial charge on any atom is 0.391 e. The molecule has 0 spiro atoms. The minimum Gasteiger partial charge on any atom is -0.356 e. The highest BCUT2D eigenvalue weighted by Crippen LogP contribution is 2.36. The normalized spacial score (nSPS) is 15.8. The number of anilines is 2. The van der Waals surface area contributed by atoms with E-state index in [1.807, 2.05) is 36.9 Å². The summed E-state index contributed by atoms with van der Waals surface area (Å²) in [6.45, 7) is 10.0. The van der Waals surface area contributed by atoms with Gasteiger partial charge < -0.3 is 15.1 Å². The van der Waals surface area contributed by atoms with Gasteiger partial charge in [0, 0.05) is 31.9 Å². The van der Waals surface area contributed by atoms with Crippen molar-refractivity contribution in [1.29, 1.82) is 0 Å². The fourth-order valence-corrected chi connectivity index (χ4v) is 3.41. The van der Waals surface area contributed by atoms with Crippen molar-refractivity contribution in [2.75, 3.05) is 29.9 Å². The highest BCUT2D eigenvalue weighted by atomic mass is 19.4. The van der Waals surface area contributed by atoms with E-state index in [1.54, 1.807) is 0 Å². The molecule has 0 radical (unpaired) electrons. The van der Waals surface area contributed by atoms with Crippen LogP contribution in [0.3, 0.4) is 0 Å². The lowest BCUT2D eigenvalue weighted by Crippen LogP contribution is -2.40. The molecule has 2 rings (SSSR count). The number of nitrogens with zero attached hydrogens (tertiary/aromatic N) is 4. The Morgan fingerprint density at radius 1 is 1.33 bits per heavy atom. The summed E-state index contributed by atoms with van der Waals surface area (Å²) < 4.78 is 39.1. The third kappa shape index (κ3) is 5.96. The van der Waals surface area contributed by atoms with Crippen LogP contribution >= 0.6 is 0 Å². The molecule has 0 unspecified atom stereocenters. The quantitative estimate of drug-likeness (QED) is 0.666. The summed E-state index contributed by atoms with van der Waals surface area (Å²) in [6, 6.07) is 0. The number of hydrogen-bond acceptors (Lipinski definition) is 5. The van der Waals surface area contributed by atoms with Crippen molar-refractivity contribution >= 4 is 17.5 Å². The van der Waals surface area contributed by atoms with E-state index in [1.165, 1.54) is 0 Å². The van der Waals surface area contributed by atoms with Gasteiger partial charge in [-0.1, -0.05) is 19.1 Å². The first-order chi connectivity index (χ1) is 14.1. The van der Waals surface area contributed by atoms with Crippen molar-refractivity contribution in [2.24, 2.45) is 5.92 Å². The Labute approximate surface area is 175 Å². The SMILES string of the molecule is C=CC(=O)NCc1nc(N(C)/C=C(\C)CC)c(C)c(N2CCC(C(F)(F)F)CC2)n1. The summed E-state index contributed by atoms with van der Waals surface area (Å²) in [5.74, 6) is 0.0440. The summed E-state index contributed by atoms with van der Waals surface area (Å²) in [6.07, 6.45) is -0.0706. The Kier molecular flexibility index (Phi) is 7.86. The number of hydrogen-bond donors (Lipinski definition) is 1. The molecule has 1 saturated heterocycles. The third-order valence-electron chi connectivity index (χ3n) is 5.31. The van der Waals surface area contributed by atoms with E-state index in [9.17, 15) is 18.0 Å². The molecule has 0 aromatic carbocycles. The number of rotatable bonds is 7. The summed E-state index contributed by atoms with van der Waals surface area (Å²) in [5.41, 5.74) is 1.95. The van der Waals surface area contributed by atoms with Gasteiger partial charge in [0.1, 0.15) is 11.6 Å². The average Bonchev–Trinajstić information content (AvgIpc) is 2.71. The Balaban J connectivity index is 2.36. The van der Waals surface area contributed by atoms with Crippen LogP contribution in [0, 0.1) is 12.8 Å². The molecule has 1 aliphatic rings. The zero-order valence-electron chi connectivity index (χ0n) is 18.0. The summed E-state index contributed by atoms with van der Waals surface area (Å²) >= 11 is 0. The number of halogens is 3. The monoisotopic (exact) mass is 425 g/mol. The van der Waals surface area contributed by atoms with Gasteiger partial charge in [-0.3, -0.25) is 4.79 Å². The highest BCUT2D eigenvalue weighted by molar-refractivity contribution is 5.86. The van der Waals surface area contributed by atoms with Crippen LogP contribution in [0.2, 0.25) is 0 Å². The van der Waals surface area contributed by atoms with Gasteiger partial charge in [-0.05, 0) is 39.2 Å². The maximum atomic E-state index is 13.0. The summed E-state index contributed by atoms with van der Waals surface area (Å²) in [5, 5.41) is 2.66. The van der Waals surface area contributed by atoms with Crippen LogP contribution in [0.4, 0.5) is 24.8 Å². The molecule has 166 valence electrons. The van der Waals surface area contributed by atoms with Crippen molar-refractivity contribution < 1.29 is 18.0 Å². The van der Waals surface area contributed by atoms with E-state index >= 15 is 0 Å². The zero-order chi connectivity index (χ0) is 22.5. The summed E-state index contributed by atoms with van der Waals surface area (Å²) in [7, 11) is 1.88. The second-order valence-corrected chi connectivity index (χ2v) is 7.58. The van der Waals surface area contributed by atoms with Gasteiger partial charge >= 0.3 is 6.18 Å². The lowest BCUT2D eigenvalue weighted by molar-refractivity contribution is -0.179. The number of aromatic nitrogens is 2. The second-order valence-electron chi connectivity index (χ2n) is 7.58. The van der Waals surface area contributed by atoms with E-state index < -0.39 is 12.1 Å². The first kappa shape index (κ1) is 23.7. The van der Waals surface area contributed by atoms with Crippen molar-refractivity contribution in [3.05, 3.63) is 35.8 Å². The van der Waals surface area contributed by atoms with Crippen LogP contribution < -0.4 is 15.1 Å².